The maximum Gasteiger partial charge on any atom is 0.391 e. The first-order valence-corrected chi connectivity index (χ1v) is 6.03. The Morgan fingerprint density at radius 2 is 1.89 bits per heavy atom. The fourth-order valence-electron chi connectivity index (χ4n) is 2.33. The van der Waals surface area contributed by atoms with Crippen LogP contribution in [-0.2, 0) is 4.79 Å². The third-order valence-electron chi connectivity index (χ3n) is 3.44. The standard InChI is InChI=1S/C11H18F3N3O2/c1-17(6-9(15)16-19)10(18)7-2-4-8(5-3-7)11(12,13)14/h7-8,19H,2-6H2,1H3,(H2,15,16). The molecule has 3 N–H and O–H groups in total. The van der Waals surface area contributed by atoms with E-state index >= 15 is 0 Å². The molecule has 0 spiro atoms. The number of likely N-dealkylation sites (N-methyl/N-ethyl adjacent to an activating group) is 1. The molecular formula is C11H18F3N3O2. The Hall–Kier alpha value is -1.47. The number of amidine groups is 1. The van der Waals surface area contributed by atoms with E-state index in [0.717, 1.165) is 0 Å². The van der Waals surface area contributed by atoms with E-state index in [1.54, 1.807) is 0 Å². The number of hydrogen-bond acceptors (Lipinski definition) is 3. The van der Waals surface area contributed by atoms with Gasteiger partial charge in [-0.25, -0.2) is 0 Å². The first kappa shape index (κ1) is 15.6. The molecule has 1 fully saturated rings. The summed E-state index contributed by atoms with van der Waals surface area (Å²) >= 11 is 0. The highest BCUT2D eigenvalue weighted by Crippen LogP contribution is 2.39. The van der Waals surface area contributed by atoms with Crippen LogP contribution in [0.15, 0.2) is 5.16 Å². The maximum atomic E-state index is 12.5. The number of hydrogen-bond donors (Lipinski definition) is 2. The van der Waals surface area contributed by atoms with Crippen LogP contribution in [-0.4, -0.2) is 41.6 Å². The molecule has 1 aliphatic carbocycles. The van der Waals surface area contributed by atoms with Crippen molar-refractivity contribution in [1.29, 1.82) is 0 Å². The van der Waals surface area contributed by atoms with Crippen molar-refractivity contribution in [3.05, 3.63) is 0 Å². The van der Waals surface area contributed by atoms with Crippen molar-refractivity contribution in [2.45, 2.75) is 31.9 Å². The summed E-state index contributed by atoms with van der Waals surface area (Å²) in [4.78, 5) is 13.2. The largest absolute Gasteiger partial charge is 0.409 e. The van der Waals surface area contributed by atoms with Crippen molar-refractivity contribution in [1.82, 2.24) is 4.90 Å². The van der Waals surface area contributed by atoms with Gasteiger partial charge in [0.15, 0.2) is 5.84 Å². The number of alkyl halides is 3. The molecule has 1 rings (SSSR count). The van der Waals surface area contributed by atoms with Crippen LogP contribution in [0.2, 0.25) is 0 Å². The maximum absolute atomic E-state index is 12.5. The average Bonchev–Trinajstić information content (AvgIpc) is 2.36. The zero-order valence-corrected chi connectivity index (χ0v) is 10.7. The Morgan fingerprint density at radius 1 is 1.37 bits per heavy atom. The molecule has 19 heavy (non-hydrogen) atoms. The topological polar surface area (TPSA) is 78.9 Å². The molecule has 110 valence electrons. The summed E-state index contributed by atoms with van der Waals surface area (Å²) in [6.45, 7) is -0.0332. The fraction of sp³-hybridized carbons (Fsp3) is 0.818. The summed E-state index contributed by atoms with van der Waals surface area (Å²) < 4.78 is 37.5. The zero-order valence-electron chi connectivity index (χ0n) is 10.7. The van der Waals surface area contributed by atoms with Gasteiger partial charge in [0.05, 0.1) is 12.5 Å². The molecule has 0 aromatic carbocycles. The molecule has 0 radical (unpaired) electrons. The van der Waals surface area contributed by atoms with Crippen molar-refractivity contribution in [2.24, 2.45) is 22.7 Å². The Balaban J connectivity index is 2.49. The van der Waals surface area contributed by atoms with Crippen LogP contribution >= 0.6 is 0 Å². The van der Waals surface area contributed by atoms with Gasteiger partial charge in [0.25, 0.3) is 0 Å². The number of oxime groups is 1. The third kappa shape index (κ3) is 4.29. The summed E-state index contributed by atoms with van der Waals surface area (Å²) in [5, 5.41) is 11.2. The highest BCUT2D eigenvalue weighted by molar-refractivity contribution is 5.87. The van der Waals surface area contributed by atoms with Gasteiger partial charge in [0, 0.05) is 13.0 Å². The van der Waals surface area contributed by atoms with Gasteiger partial charge >= 0.3 is 6.18 Å². The summed E-state index contributed by atoms with van der Waals surface area (Å²) in [5.74, 6) is -2.08. The summed E-state index contributed by atoms with van der Waals surface area (Å²) in [6, 6.07) is 0. The lowest BCUT2D eigenvalue weighted by Crippen LogP contribution is -2.41. The van der Waals surface area contributed by atoms with E-state index in [4.69, 9.17) is 10.9 Å². The molecule has 0 atom stereocenters. The van der Waals surface area contributed by atoms with Crippen molar-refractivity contribution in [2.75, 3.05) is 13.6 Å². The summed E-state index contributed by atoms with van der Waals surface area (Å²) in [7, 11) is 1.48. The molecule has 8 heteroatoms. The lowest BCUT2D eigenvalue weighted by Gasteiger charge is -2.31. The number of nitrogens with zero attached hydrogens (tertiary/aromatic N) is 2. The molecule has 0 aliphatic heterocycles. The number of halogens is 3. The van der Waals surface area contributed by atoms with Gasteiger partial charge < -0.3 is 15.8 Å². The molecule has 0 saturated heterocycles. The van der Waals surface area contributed by atoms with E-state index in [1.165, 1.54) is 11.9 Å². The van der Waals surface area contributed by atoms with Gasteiger partial charge in [-0.2, -0.15) is 13.2 Å². The van der Waals surface area contributed by atoms with Crippen LogP contribution in [0, 0.1) is 11.8 Å². The number of carbonyl (C=O) groups excluding carboxylic acids is 1. The number of rotatable bonds is 3. The molecule has 5 nitrogen and oxygen atoms in total. The molecular weight excluding hydrogens is 263 g/mol. The van der Waals surface area contributed by atoms with Crippen LogP contribution in [0.1, 0.15) is 25.7 Å². The minimum absolute atomic E-state index is 0.0165. The fourth-order valence-corrected chi connectivity index (χ4v) is 2.33. The minimum Gasteiger partial charge on any atom is -0.409 e. The predicted molar refractivity (Wildman–Crippen MR) is 62.5 cm³/mol. The second-order valence-electron chi connectivity index (χ2n) is 4.88. The second kappa shape index (κ2) is 6.12. The molecule has 0 unspecified atom stereocenters. The Morgan fingerprint density at radius 3 is 2.32 bits per heavy atom. The molecule has 0 aromatic heterocycles. The smallest absolute Gasteiger partial charge is 0.391 e. The molecule has 0 bridgehead atoms. The highest BCUT2D eigenvalue weighted by Gasteiger charge is 2.42. The van der Waals surface area contributed by atoms with Crippen molar-refractivity contribution < 1.29 is 23.2 Å². The van der Waals surface area contributed by atoms with Crippen molar-refractivity contribution in [3.8, 4) is 0 Å². The quantitative estimate of drug-likeness (QED) is 0.356. The van der Waals surface area contributed by atoms with Crippen molar-refractivity contribution >= 4 is 11.7 Å². The highest BCUT2D eigenvalue weighted by atomic mass is 19.4. The minimum atomic E-state index is -4.17. The van der Waals surface area contributed by atoms with Gasteiger partial charge in [0.2, 0.25) is 5.91 Å². The van der Waals surface area contributed by atoms with E-state index < -0.39 is 18.0 Å². The third-order valence-corrected chi connectivity index (χ3v) is 3.44. The molecule has 1 aliphatic rings. The van der Waals surface area contributed by atoms with E-state index in [9.17, 15) is 18.0 Å². The lowest BCUT2D eigenvalue weighted by molar-refractivity contribution is -0.185. The van der Waals surface area contributed by atoms with Crippen LogP contribution in [0.4, 0.5) is 13.2 Å². The molecule has 1 amide bonds. The van der Waals surface area contributed by atoms with Gasteiger partial charge in [-0.15, -0.1) is 0 Å². The zero-order chi connectivity index (χ0) is 14.6. The van der Waals surface area contributed by atoms with Crippen molar-refractivity contribution in [3.63, 3.8) is 0 Å². The predicted octanol–water partition coefficient (Wildman–Crippen LogP) is 1.56. The number of amides is 1. The van der Waals surface area contributed by atoms with Gasteiger partial charge in [-0.3, -0.25) is 4.79 Å². The van der Waals surface area contributed by atoms with E-state index in [0.29, 0.717) is 0 Å². The number of carbonyl (C=O) groups is 1. The van der Waals surface area contributed by atoms with Crippen LogP contribution < -0.4 is 5.73 Å². The lowest BCUT2D eigenvalue weighted by atomic mass is 9.81. The Bertz CT molecular complexity index is 350. The van der Waals surface area contributed by atoms with E-state index in [2.05, 4.69) is 5.16 Å². The van der Waals surface area contributed by atoms with Gasteiger partial charge in [-0.05, 0) is 25.7 Å². The first-order chi connectivity index (χ1) is 8.75. The van der Waals surface area contributed by atoms with Crippen LogP contribution in [0.3, 0.4) is 0 Å². The second-order valence-corrected chi connectivity index (χ2v) is 4.88. The molecule has 0 aromatic rings. The molecule has 1 saturated carbocycles. The normalized spacial score (nSPS) is 25.2. The Kier molecular flexibility index (Phi) is 5.02. The first-order valence-electron chi connectivity index (χ1n) is 6.03. The van der Waals surface area contributed by atoms with Crippen LogP contribution in [0.25, 0.3) is 0 Å². The summed E-state index contributed by atoms with van der Waals surface area (Å²) in [5.41, 5.74) is 5.28. The SMILES string of the molecule is CN(CC(N)=NO)C(=O)C1CCC(C(F)(F)F)CC1. The van der Waals surface area contributed by atoms with E-state index in [-0.39, 0.29) is 44.0 Å². The monoisotopic (exact) mass is 281 g/mol. The van der Waals surface area contributed by atoms with Gasteiger partial charge in [-0.1, -0.05) is 5.16 Å². The van der Waals surface area contributed by atoms with Crippen LogP contribution in [0.5, 0.6) is 0 Å². The number of nitrogens with two attached hydrogens (primary N) is 1. The molecule has 0 heterocycles. The van der Waals surface area contributed by atoms with E-state index in [1.807, 2.05) is 0 Å². The average molecular weight is 281 g/mol. The Labute approximate surface area is 109 Å². The van der Waals surface area contributed by atoms with Gasteiger partial charge in [0.1, 0.15) is 0 Å². The summed E-state index contributed by atoms with van der Waals surface area (Å²) in [6.07, 6.45) is -3.75.